The third-order valence-corrected chi connectivity index (χ3v) is 1.55. The van der Waals surface area contributed by atoms with Crippen LogP contribution in [-0.2, 0) is 11.1 Å². The highest BCUT2D eigenvalue weighted by molar-refractivity contribution is 7.79. The van der Waals surface area contributed by atoms with Gasteiger partial charge in [0.2, 0.25) is 0 Å². The Morgan fingerprint density at radius 2 is 2.33 bits per heavy atom. The van der Waals surface area contributed by atoms with Gasteiger partial charge in [-0.25, -0.2) is 4.39 Å². The predicted octanol–water partition coefficient (Wildman–Crippen LogP) is 1.00. The molecule has 2 unspecified atom stereocenters. The summed E-state index contributed by atoms with van der Waals surface area (Å²) in [6.45, 7) is 1.82. The first-order valence-electron chi connectivity index (χ1n) is 2.86. The molecule has 0 saturated heterocycles. The quantitative estimate of drug-likeness (QED) is 0.565. The first kappa shape index (κ1) is 9.04. The molecule has 0 radical (unpaired) electrons. The van der Waals surface area contributed by atoms with E-state index in [1.807, 2.05) is 6.92 Å². The van der Waals surface area contributed by atoms with Crippen LogP contribution in [0.25, 0.3) is 0 Å². The van der Waals surface area contributed by atoms with Crippen molar-refractivity contribution in [2.45, 2.75) is 25.9 Å². The summed E-state index contributed by atoms with van der Waals surface area (Å²) >= 11 is -2.22. The zero-order chi connectivity index (χ0) is 7.28. The molecule has 0 aromatic carbocycles. The van der Waals surface area contributed by atoms with E-state index in [1.54, 1.807) is 0 Å². The largest absolute Gasteiger partial charge is 0.772 e. The highest BCUT2D eigenvalue weighted by Crippen LogP contribution is 2.01. The van der Waals surface area contributed by atoms with Gasteiger partial charge in [-0.3, -0.25) is 4.21 Å². The smallest absolute Gasteiger partial charge is 0.110 e. The van der Waals surface area contributed by atoms with E-state index in [4.69, 9.17) is 0 Å². The lowest BCUT2D eigenvalue weighted by atomic mass is 10.2. The van der Waals surface area contributed by atoms with Crippen molar-refractivity contribution in [2.75, 3.05) is 5.75 Å². The zero-order valence-corrected chi connectivity index (χ0v) is 6.12. The minimum Gasteiger partial charge on any atom is -0.772 e. The lowest BCUT2D eigenvalue weighted by Gasteiger charge is -2.07. The molecule has 2 nitrogen and oxygen atoms in total. The maximum atomic E-state index is 12.3. The van der Waals surface area contributed by atoms with Crippen molar-refractivity contribution < 1.29 is 13.2 Å². The number of halogens is 1. The fourth-order valence-electron chi connectivity index (χ4n) is 0.544. The van der Waals surface area contributed by atoms with E-state index in [-0.39, 0.29) is 5.75 Å². The summed E-state index contributed by atoms with van der Waals surface area (Å²) in [5.41, 5.74) is 0. The molecule has 0 spiro atoms. The molecule has 0 fully saturated rings. The topological polar surface area (TPSA) is 40.1 Å². The van der Waals surface area contributed by atoms with E-state index < -0.39 is 17.3 Å². The normalized spacial score (nSPS) is 17.2. The van der Waals surface area contributed by atoms with Crippen molar-refractivity contribution in [3.63, 3.8) is 0 Å². The number of alkyl halides is 1. The molecule has 0 aromatic rings. The van der Waals surface area contributed by atoms with E-state index in [0.717, 1.165) is 0 Å². The second-order valence-corrected chi connectivity index (χ2v) is 2.80. The third-order valence-electron chi connectivity index (χ3n) is 0.919. The van der Waals surface area contributed by atoms with Crippen LogP contribution in [0.4, 0.5) is 4.39 Å². The molecule has 0 heterocycles. The Morgan fingerprint density at radius 1 is 1.78 bits per heavy atom. The van der Waals surface area contributed by atoms with Gasteiger partial charge in [0.25, 0.3) is 0 Å². The summed E-state index contributed by atoms with van der Waals surface area (Å²) in [6, 6.07) is 0. The monoisotopic (exact) mass is 153 g/mol. The molecule has 0 aromatic heterocycles. The van der Waals surface area contributed by atoms with E-state index >= 15 is 0 Å². The van der Waals surface area contributed by atoms with Crippen LogP contribution in [0, 0.1) is 0 Å². The van der Waals surface area contributed by atoms with E-state index in [2.05, 4.69) is 0 Å². The fraction of sp³-hybridized carbons (Fsp3) is 1.00. The summed E-state index contributed by atoms with van der Waals surface area (Å²) in [5, 5.41) is 0. The van der Waals surface area contributed by atoms with Crippen LogP contribution in [0.15, 0.2) is 0 Å². The van der Waals surface area contributed by atoms with Gasteiger partial charge in [0.1, 0.15) is 6.17 Å². The maximum Gasteiger partial charge on any atom is 0.110 e. The minimum atomic E-state index is -2.22. The summed E-state index contributed by atoms with van der Waals surface area (Å²) in [6.07, 6.45) is -0.139. The molecule has 0 amide bonds. The van der Waals surface area contributed by atoms with Crippen molar-refractivity contribution in [1.29, 1.82) is 0 Å². The molecule has 9 heavy (non-hydrogen) atoms. The Morgan fingerprint density at radius 3 is 2.67 bits per heavy atom. The summed E-state index contributed by atoms with van der Waals surface area (Å²) in [7, 11) is 0. The molecule has 0 aliphatic rings. The lowest BCUT2D eigenvalue weighted by Crippen LogP contribution is -2.10. The molecular formula is C5H10FO2S-. The van der Waals surface area contributed by atoms with Crippen LogP contribution in [0.1, 0.15) is 19.8 Å². The first-order chi connectivity index (χ1) is 4.16. The second-order valence-electron chi connectivity index (χ2n) is 1.86. The molecule has 4 heteroatoms. The molecule has 0 rings (SSSR count). The SMILES string of the molecule is CCCC(F)CS(=O)[O-]. The number of rotatable bonds is 4. The van der Waals surface area contributed by atoms with E-state index in [9.17, 15) is 13.2 Å². The molecule has 0 N–H and O–H groups in total. The third kappa shape index (κ3) is 5.92. The average molecular weight is 153 g/mol. The Labute approximate surface area is 56.7 Å². The fourth-order valence-corrected chi connectivity index (χ4v) is 1.01. The van der Waals surface area contributed by atoms with Gasteiger partial charge in [-0.15, -0.1) is 0 Å². The van der Waals surface area contributed by atoms with Crippen molar-refractivity contribution in [3.8, 4) is 0 Å². The Balaban J connectivity index is 3.26. The first-order valence-corrected chi connectivity index (χ1v) is 4.11. The van der Waals surface area contributed by atoms with Crippen LogP contribution in [0.5, 0.6) is 0 Å². The standard InChI is InChI=1S/C5H11FO2S/c1-2-3-5(6)4-9(7)8/h5H,2-4H2,1H3,(H,7,8)/p-1. The van der Waals surface area contributed by atoms with Crippen LogP contribution >= 0.6 is 0 Å². The van der Waals surface area contributed by atoms with Gasteiger partial charge in [0.05, 0.1) is 0 Å². The van der Waals surface area contributed by atoms with E-state index in [0.29, 0.717) is 12.8 Å². The van der Waals surface area contributed by atoms with E-state index in [1.165, 1.54) is 0 Å². The predicted molar refractivity (Wildman–Crippen MR) is 33.6 cm³/mol. The van der Waals surface area contributed by atoms with Crippen LogP contribution in [0.2, 0.25) is 0 Å². The molecule has 0 saturated carbocycles. The molecule has 0 aliphatic heterocycles. The Kier molecular flexibility index (Phi) is 4.90. The molecule has 2 atom stereocenters. The van der Waals surface area contributed by atoms with Gasteiger partial charge in [-0.2, -0.15) is 0 Å². The summed E-state index contributed by atoms with van der Waals surface area (Å²) in [4.78, 5) is 0. The van der Waals surface area contributed by atoms with Crippen LogP contribution < -0.4 is 0 Å². The van der Waals surface area contributed by atoms with Gasteiger partial charge >= 0.3 is 0 Å². The highest BCUT2D eigenvalue weighted by Gasteiger charge is 2.02. The van der Waals surface area contributed by atoms with Gasteiger partial charge in [-0.1, -0.05) is 24.4 Å². The molecule has 56 valence electrons. The second kappa shape index (κ2) is 4.88. The summed E-state index contributed by atoms with van der Waals surface area (Å²) < 4.78 is 32.0. The van der Waals surface area contributed by atoms with Gasteiger partial charge in [-0.05, 0) is 6.42 Å². The maximum absolute atomic E-state index is 12.3. The van der Waals surface area contributed by atoms with Gasteiger partial charge in [0.15, 0.2) is 0 Å². The summed E-state index contributed by atoms with van der Waals surface area (Å²) in [5.74, 6) is -0.353. The molecule has 0 bridgehead atoms. The Bertz CT molecular complexity index is 97.0. The molecular weight excluding hydrogens is 143 g/mol. The highest BCUT2D eigenvalue weighted by atomic mass is 32.2. The van der Waals surface area contributed by atoms with Crippen molar-refractivity contribution in [3.05, 3.63) is 0 Å². The molecule has 0 aliphatic carbocycles. The van der Waals surface area contributed by atoms with Crippen molar-refractivity contribution in [1.82, 2.24) is 0 Å². The van der Waals surface area contributed by atoms with Gasteiger partial charge in [0, 0.05) is 5.75 Å². The van der Waals surface area contributed by atoms with Crippen molar-refractivity contribution in [2.24, 2.45) is 0 Å². The minimum absolute atomic E-state index is 0.341. The average Bonchev–Trinajstić information content (AvgIpc) is 1.63. The van der Waals surface area contributed by atoms with Gasteiger partial charge < -0.3 is 4.55 Å². The lowest BCUT2D eigenvalue weighted by molar-refractivity contribution is 0.337. The Hall–Kier alpha value is 0.0400. The number of hydrogen-bond acceptors (Lipinski definition) is 2. The van der Waals surface area contributed by atoms with Crippen LogP contribution in [-0.4, -0.2) is 20.7 Å². The number of hydrogen-bond donors (Lipinski definition) is 0. The zero-order valence-electron chi connectivity index (χ0n) is 5.30. The van der Waals surface area contributed by atoms with Crippen LogP contribution in [0.3, 0.4) is 0 Å². The van der Waals surface area contributed by atoms with Crippen molar-refractivity contribution >= 4 is 11.1 Å².